The van der Waals surface area contributed by atoms with Crippen molar-refractivity contribution in [1.29, 1.82) is 0 Å². The summed E-state index contributed by atoms with van der Waals surface area (Å²) in [5.41, 5.74) is 1.05. The molecule has 3 rings (SSSR count). The summed E-state index contributed by atoms with van der Waals surface area (Å²) in [6, 6.07) is 3.97. The van der Waals surface area contributed by atoms with E-state index >= 15 is 0 Å². The Kier molecular flexibility index (Phi) is 8.61. The summed E-state index contributed by atoms with van der Waals surface area (Å²) >= 11 is 3.51. The molecule has 0 atom stereocenters. The van der Waals surface area contributed by atoms with Crippen LogP contribution in [0.4, 0.5) is 0 Å². The maximum absolute atomic E-state index is 5.46. The molecule has 0 saturated carbocycles. The summed E-state index contributed by atoms with van der Waals surface area (Å²) in [7, 11) is 0. The van der Waals surface area contributed by atoms with Gasteiger partial charge in [-0.1, -0.05) is 6.92 Å². The zero-order valence-electron chi connectivity index (χ0n) is 15.4. The Hall–Kier alpha value is -1.56. The summed E-state index contributed by atoms with van der Waals surface area (Å²) in [5.74, 6) is 3.26. The molecule has 0 fully saturated rings. The molecule has 1 aromatic heterocycles. The van der Waals surface area contributed by atoms with Crippen LogP contribution in [0.25, 0.3) is 0 Å². The van der Waals surface area contributed by atoms with Gasteiger partial charge < -0.3 is 24.7 Å². The average molecular weight is 551 g/mol. The van der Waals surface area contributed by atoms with Gasteiger partial charge in [0.2, 0.25) is 6.79 Å². The summed E-state index contributed by atoms with van der Waals surface area (Å²) in [4.78, 5) is 4.65. The Morgan fingerprint density at radius 2 is 2.15 bits per heavy atom. The third-order valence-corrected chi connectivity index (χ3v) is 4.50. The van der Waals surface area contributed by atoms with Gasteiger partial charge in [-0.25, -0.2) is 4.99 Å². The van der Waals surface area contributed by atoms with Crippen LogP contribution in [-0.2, 0) is 19.5 Å². The van der Waals surface area contributed by atoms with Crippen LogP contribution in [0.2, 0.25) is 0 Å². The Bertz CT molecular complexity index is 783. The lowest BCUT2D eigenvalue weighted by atomic mass is 10.2. The molecule has 1 aromatic carbocycles. The molecule has 8 nitrogen and oxygen atoms in total. The number of aryl methyl sites for hydroxylation is 1. The third-order valence-electron chi connectivity index (χ3n) is 3.91. The maximum atomic E-state index is 5.46. The zero-order chi connectivity index (χ0) is 18.4. The third kappa shape index (κ3) is 5.71. The predicted molar refractivity (Wildman–Crippen MR) is 118 cm³/mol. The van der Waals surface area contributed by atoms with Gasteiger partial charge in [-0.2, -0.15) is 0 Å². The van der Waals surface area contributed by atoms with E-state index in [1.54, 1.807) is 6.33 Å². The lowest BCUT2D eigenvalue weighted by Gasteiger charge is -2.12. The van der Waals surface area contributed by atoms with E-state index in [-0.39, 0.29) is 30.8 Å². The molecule has 0 aliphatic carbocycles. The largest absolute Gasteiger partial charge is 0.454 e. The second-order valence-electron chi connectivity index (χ2n) is 5.73. The topological polar surface area (TPSA) is 85.6 Å². The highest BCUT2D eigenvalue weighted by molar-refractivity contribution is 14.0. The van der Waals surface area contributed by atoms with E-state index in [2.05, 4.69) is 48.7 Å². The molecule has 0 unspecified atom stereocenters. The second-order valence-corrected chi connectivity index (χ2v) is 6.58. The van der Waals surface area contributed by atoms with Crippen molar-refractivity contribution in [3.05, 3.63) is 34.3 Å². The van der Waals surface area contributed by atoms with Gasteiger partial charge in [0.1, 0.15) is 12.2 Å². The van der Waals surface area contributed by atoms with Gasteiger partial charge in [0, 0.05) is 26.1 Å². The van der Waals surface area contributed by atoms with E-state index in [1.807, 2.05) is 23.6 Å². The molecule has 0 amide bonds. The first-order chi connectivity index (χ1) is 12.7. The fourth-order valence-electron chi connectivity index (χ4n) is 2.66. The normalized spacial score (nSPS) is 12.6. The number of aliphatic imine (C=N–C) groups is 1. The van der Waals surface area contributed by atoms with Crippen molar-refractivity contribution in [2.45, 2.75) is 33.4 Å². The van der Waals surface area contributed by atoms with Gasteiger partial charge in [0.25, 0.3) is 0 Å². The number of ether oxygens (including phenoxy) is 2. The van der Waals surface area contributed by atoms with Crippen molar-refractivity contribution in [1.82, 2.24) is 25.4 Å². The number of nitrogens with zero attached hydrogens (tertiary/aromatic N) is 4. The smallest absolute Gasteiger partial charge is 0.231 e. The number of rotatable bonds is 7. The van der Waals surface area contributed by atoms with Crippen LogP contribution < -0.4 is 20.1 Å². The molecular formula is C17H24BrIN6O2. The lowest BCUT2D eigenvalue weighted by Crippen LogP contribution is -2.38. The highest BCUT2D eigenvalue weighted by atomic mass is 127. The van der Waals surface area contributed by atoms with Gasteiger partial charge >= 0.3 is 0 Å². The van der Waals surface area contributed by atoms with Gasteiger partial charge in [-0.15, -0.1) is 34.2 Å². The highest BCUT2D eigenvalue weighted by Crippen LogP contribution is 2.40. The van der Waals surface area contributed by atoms with Crippen LogP contribution in [0.1, 0.15) is 25.2 Å². The number of nitrogens with one attached hydrogen (secondary N) is 2. The fourth-order valence-corrected chi connectivity index (χ4v) is 3.26. The monoisotopic (exact) mass is 550 g/mol. The molecule has 1 aliphatic rings. The molecule has 27 heavy (non-hydrogen) atoms. The number of guanidine groups is 1. The van der Waals surface area contributed by atoms with Gasteiger partial charge in [0.15, 0.2) is 17.5 Å². The fraction of sp³-hybridized carbons (Fsp3) is 0.471. The van der Waals surface area contributed by atoms with Gasteiger partial charge in [-0.3, -0.25) is 0 Å². The predicted octanol–water partition coefficient (Wildman–Crippen LogP) is 2.71. The molecule has 0 spiro atoms. The number of hydrogen-bond donors (Lipinski definition) is 2. The summed E-state index contributed by atoms with van der Waals surface area (Å²) in [5, 5.41) is 14.6. The first kappa shape index (κ1) is 21.7. The summed E-state index contributed by atoms with van der Waals surface area (Å²) in [6.45, 7) is 7.23. The standard InChI is InChI=1S/C17H23BrN6O2.HI/c1-3-15-23-22-10-24(15)6-5-20-17(19-4-2)21-9-12-7-13(18)16-14(8-12)25-11-26-16;/h7-8,10H,3-6,9,11H2,1-2H3,(H2,19,20,21);1H. The molecule has 2 N–H and O–H groups in total. The minimum absolute atomic E-state index is 0. The number of fused-ring (bicyclic) bond motifs is 1. The Labute approximate surface area is 184 Å². The molecule has 1 aliphatic heterocycles. The van der Waals surface area contributed by atoms with Crippen LogP contribution in [0.15, 0.2) is 27.9 Å². The van der Waals surface area contributed by atoms with Gasteiger partial charge in [0.05, 0.1) is 11.0 Å². The lowest BCUT2D eigenvalue weighted by molar-refractivity contribution is 0.173. The zero-order valence-corrected chi connectivity index (χ0v) is 19.3. The Balaban J connectivity index is 0.00000261. The van der Waals surface area contributed by atoms with E-state index in [9.17, 15) is 0 Å². The second kappa shape index (κ2) is 10.7. The van der Waals surface area contributed by atoms with Crippen molar-refractivity contribution in [2.24, 2.45) is 4.99 Å². The summed E-state index contributed by atoms with van der Waals surface area (Å²) < 4.78 is 13.8. The molecule has 0 radical (unpaired) electrons. The molecule has 148 valence electrons. The van der Waals surface area contributed by atoms with E-state index in [1.165, 1.54) is 0 Å². The first-order valence-electron chi connectivity index (χ1n) is 8.68. The van der Waals surface area contributed by atoms with Crippen molar-refractivity contribution in [3.63, 3.8) is 0 Å². The van der Waals surface area contributed by atoms with E-state index in [0.29, 0.717) is 6.54 Å². The number of hydrogen-bond acceptors (Lipinski definition) is 5. The van der Waals surface area contributed by atoms with Crippen molar-refractivity contribution in [3.8, 4) is 11.5 Å². The van der Waals surface area contributed by atoms with Crippen molar-refractivity contribution < 1.29 is 9.47 Å². The van der Waals surface area contributed by atoms with Crippen molar-refractivity contribution >= 4 is 45.9 Å². The number of benzene rings is 1. The van der Waals surface area contributed by atoms with Crippen LogP contribution in [0.3, 0.4) is 0 Å². The molecule has 0 saturated heterocycles. The van der Waals surface area contributed by atoms with Crippen molar-refractivity contribution in [2.75, 3.05) is 19.9 Å². The first-order valence-corrected chi connectivity index (χ1v) is 9.47. The average Bonchev–Trinajstić information content (AvgIpc) is 3.28. The molecular weight excluding hydrogens is 527 g/mol. The van der Waals surface area contributed by atoms with Crippen LogP contribution >= 0.6 is 39.9 Å². The maximum Gasteiger partial charge on any atom is 0.231 e. The molecule has 2 aromatic rings. The quantitative estimate of drug-likeness (QED) is 0.313. The molecule has 10 heteroatoms. The van der Waals surface area contributed by atoms with E-state index in [0.717, 1.165) is 59.4 Å². The molecule has 2 heterocycles. The summed E-state index contributed by atoms with van der Waals surface area (Å²) in [6.07, 6.45) is 2.63. The minimum atomic E-state index is 0. The SMILES string of the molecule is CCNC(=NCc1cc(Br)c2c(c1)OCO2)NCCn1cnnc1CC.I. The Morgan fingerprint density at radius 1 is 1.30 bits per heavy atom. The van der Waals surface area contributed by atoms with E-state index < -0.39 is 0 Å². The van der Waals surface area contributed by atoms with Crippen LogP contribution in [0, 0.1) is 0 Å². The van der Waals surface area contributed by atoms with E-state index in [4.69, 9.17) is 9.47 Å². The number of halogens is 2. The Morgan fingerprint density at radius 3 is 2.93 bits per heavy atom. The highest BCUT2D eigenvalue weighted by Gasteiger charge is 2.17. The minimum Gasteiger partial charge on any atom is -0.454 e. The molecule has 0 bridgehead atoms. The van der Waals surface area contributed by atoms with Gasteiger partial charge in [-0.05, 0) is 40.5 Å². The number of aromatic nitrogens is 3. The van der Waals surface area contributed by atoms with Crippen LogP contribution in [0.5, 0.6) is 11.5 Å². The van der Waals surface area contributed by atoms with Crippen LogP contribution in [-0.4, -0.2) is 40.6 Å².